The van der Waals surface area contributed by atoms with E-state index in [1.807, 2.05) is 0 Å². The summed E-state index contributed by atoms with van der Waals surface area (Å²) in [6, 6.07) is 0. The molecule has 2 nitrogen and oxygen atoms in total. The molecule has 0 aromatic heterocycles. The molecular formula is C14H28N2. The predicted molar refractivity (Wildman–Crippen MR) is 69.5 cm³/mol. The lowest BCUT2D eigenvalue weighted by molar-refractivity contribution is 0.124. The molecule has 2 rings (SSSR count). The average molecular weight is 224 g/mol. The van der Waals surface area contributed by atoms with Gasteiger partial charge in [0.25, 0.3) is 0 Å². The standard InChI is InChI=1S/C14H28N2/c1-13(2)7-10-16(11-8-13)12-9-14(15)5-3-4-6-14/h3-12,15H2,1-2H3. The summed E-state index contributed by atoms with van der Waals surface area (Å²) < 4.78 is 0. The molecule has 2 heteroatoms. The lowest BCUT2D eigenvalue weighted by atomic mass is 9.82. The summed E-state index contributed by atoms with van der Waals surface area (Å²) in [4.78, 5) is 2.62. The first kappa shape index (κ1) is 12.4. The molecule has 0 unspecified atom stereocenters. The molecule has 2 N–H and O–H groups in total. The van der Waals surface area contributed by atoms with E-state index in [1.54, 1.807) is 0 Å². The second-order valence-corrected chi connectivity index (χ2v) is 6.83. The molecule has 0 bridgehead atoms. The van der Waals surface area contributed by atoms with Gasteiger partial charge in [-0.1, -0.05) is 26.7 Å². The van der Waals surface area contributed by atoms with Crippen LogP contribution in [0, 0.1) is 5.41 Å². The first-order chi connectivity index (χ1) is 7.49. The number of rotatable bonds is 3. The van der Waals surface area contributed by atoms with Gasteiger partial charge in [-0.25, -0.2) is 0 Å². The van der Waals surface area contributed by atoms with E-state index in [4.69, 9.17) is 5.73 Å². The number of hydrogen-bond donors (Lipinski definition) is 1. The molecule has 1 aliphatic heterocycles. The summed E-state index contributed by atoms with van der Waals surface area (Å²) in [5.74, 6) is 0. The van der Waals surface area contributed by atoms with Crippen molar-refractivity contribution in [1.82, 2.24) is 4.90 Å². The summed E-state index contributed by atoms with van der Waals surface area (Å²) in [5, 5.41) is 0. The highest BCUT2D eigenvalue weighted by atomic mass is 15.1. The minimum Gasteiger partial charge on any atom is -0.325 e. The fourth-order valence-electron chi connectivity index (χ4n) is 3.09. The van der Waals surface area contributed by atoms with Crippen LogP contribution in [0.4, 0.5) is 0 Å². The van der Waals surface area contributed by atoms with Crippen LogP contribution < -0.4 is 5.73 Å². The highest BCUT2D eigenvalue weighted by molar-refractivity contribution is 4.90. The molecule has 0 radical (unpaired) electrons. The SMILES string of the molecule is CC1(C)CCN(CCC2(N)CCCC2)CC1. The lowest BCUT2D eigenvalue weighted by Gasteiger charge is -2.38. The van der Waals surface area contributed by atoms with Crippen LogP contribution in [-0.4, -0.2) is 30.1 Å². The number of nitrogens with two attached hydrogens (primary N) is 1. The van der Waals surface area contributed by atoms with Crippen molar-refractivity contribution in [3.05, 3.63) is 0 Å². The van der Waals surface area contributed by atoms with Crippen LogP contribution in [0.15, 0.2) is 0 Å². The summed E-state index contributed by atoms with van der Waals surface area (Å²) in [7, 11) is 0. The van der Waals surface area contributed by atoms with Crippen LogP contribution in [0.2, 0.25) is 0 Å². The molecule has 0 aromatic carbocycles. The third-order valence-corrected chi connectivity index (χ3v) is 4.73. The van der Waals surface area contributed by atoms with Gasteiger partial charge in [0, 0.05) is 5.54 Å². The Morgan fingerprint density at radius 2 is 1.56 bits per heavy atom. The maximum absolute atomic E-state index is 6.40. The predicted octanol–water partition coefficient (Wildman–Crippen LogP) is 2.77. The van der Waals surface area contributed by atoms with E-state index in [0.29, 0.717) is 5.41 Å². The third-order valence-electron chi connectivity index (χ3n) is 4.73. The molecule has 1 saturated carbocycles. The van der Waals surface area contributed by atoms with Crippen LogP contribution in [0.5, 0.6) is 0 Å². The smallest absolute Gasteiger partial charge is 0.0166 e. The van der Waals surface area contributed by atoms with Gasteiger partial charge in [-0.3, -0.25) is 0 Å². The van der Waals surface area contributed by atoms with Crippen LogP contribution in [0.3, 0.4) is 0 Å². The molecule has 0 atom stereocenters. The molecular weight excluding hydrogens is 196 g/mol. The van der Waals surface area contributed by atoms with E-state index in [1.165, 1.54) is 64.6 Å². The molecule has 2 aliphatic rings. The zero-order valence-corrected chi connectivity index (χ0v) is 11.1. The van der Waals surface area contributed by atoms with Crippen molar-refractivity contribution in [2.24, 2.45) is 11.1 Å². The molecule has 0 spiro atoms. The highest BCUT2D eigenvalue weighted by Crippen LogP contribution is 2.32. The number of likely N-dealkylation sites (tertiary alicyclic amines) is 1. The van der Waals surface area contributed by atoms with Crippen molar-refractivity contribution < 1.29 is 0 Å². The number of nitrogens with zero attached hydrogens (tertiary/aromatic N) is 1. The van der Waals surface area contributed by atoms with E-state index >= 15 is 0 Å². The molecule has 16 heavy (non-hydrogen) atoms. The Kier molecular flexibility index (Phi) is 3.60. The van der Waals surface area contributed by atoms with Gasteiger partial charge in [-0.05, 0) is 57.2 Å². The second-order valence-electron chi connectivity index (χ2n) is 6.83. The Bertz CT molecular complexity index is 219. The van der Waals surface area contributed by atoms with Gasteiger partial charge < -0.3 is 10.6 Å². The van der Waals surface area contributed by atoms with Gasteiger partial charge in [-0.15, -0.1) is 0 Å². The van der Waals surface area contributed by atoms with E-state index in [-0.39, 0.29) is 5.54 Å². The normalized spacial score (nSPS) is 29.4. The maximum atomic E-state index is 6.40. The minimum atomic E-state index is 0.187. The summed E-state index contributed by atoms with van der Waals surface area (Å²) >= 11 is 0. The van der Waals surface area contributed by atoms with Gasteiger partial charge in [0.2, 0.25) is 0 Å². The van der Waals surface area contributed by atoms with Gasteiger partial charge in [0.15, 0.2) is 0 Å². The van der Waals surface area contributed by atoms with Crippen molar-refractivity contribution in [3.8, 4) is 0 Å². The minimum absolute atomic E-state index is 0.187. The number of piperidine rings is 1. The van der Waals surface area contributed by atoms with Crippen molar-refractivity contribution in [3.63, 3.8) is 0 Å². The first-order valence-electron chi connectivity index (χ1n) is 7.01. The van der Waals surface area contributed by atoms with Gasteiger partial charge in [0.1, 0.15) is 0 Å². The molecule has 94 valence electrons. The number of hydrogen-bond acceptors (Lipinski definition) is 2. The summed E-state index contributed by atoms with van der Waals surface area (Å²) in [5.41, 5.74) is 7.16. The van der Waals surface area contributed by atoms with E-state index in [9.17, 15) is 0 Å². The Morgan fingerprint density at radius 1 is 1.00 bits per heavy atom. The Morgan fingerprint density at radius 3 is 2.12 bits per heavy atom. The van der Waals surface area contributed by atoms with Gasteiger partial charge in [-0.2, -0.15) is 0 Å². The topological polar surface area (TPSA) is 29.3 Å². The van der Waals surface area contributed by atoms with Crippen molar-refractivity contribution >= 4 is 0 Å². The molecule has 1 saturated heterocycles. The first-order valence-corrected chi connectivity index (χ1v) is 7.01. The Hall–Kier alpha value is -0.0800. The third kappa shape index (κ3) is 3.21. The lowest BCUT2D eigenvalue weighted by Crippen LogP contribution is -2.43. The monoisotopic (exact) mass is 224 g/mol. The van der Waals surface area contributed by atoms with Crippen molar-refractivity contribution in [2.75, 3.05) is 19.6 Å². The second kappa shape index (κ2) is 4.66. The maximum Gasteiger partial charge on any atom is 0.0166 e. The zero-order valence-electron chi connectivity index (χ0n) is 11.1. The molecule has 2 fully saturated rings. The van der Waals surface area contributed by atoms with Gasteiger partial charge >= 0.3 is 0 Å². The summed E-state index contributed by atoms with van der Waals surface area (Å²) in [6.07, 6.45) is 9.13. The fourth-order valence-corrected chi connectivity index (χ4v) is 3.09. The quantitative estimate of drug-likeness (QED) is 0.798. The molecule has 1 heterocycles. The fraction of sp³-hybridized carbons (Fsp3) is 1.00. The summed E-state index contributed by atoms with van der Waals surface area (Å²) in [6.45, 7) is 8.58. The van der Waals surface area contributed by atoms with E-state index in [2.05, 4.69) is 18.7 Å². The van der Waals surface area contributed by atoms with E-state index < -0.39 is 0 Å². The molecule has 0 aromatic rings. The highest BCUT2D eigenvalue weighted by Gasteiger charge is 2.31. The molecule has 0 amide bonds. The van der Waals surface area contributed by atoms with E-state index in [0.717, 1.165) is 0 Å². The van der Waals surface area contributed by atoms with Crippen LogP contribution in [0.25, 0.3) is 0 Å². The van der Waals surface area contributed by atoms with Crippen LogP contribution in [0.1, 0.15) is 58.8 Å². The van der Waals surface area contributed by atoms with Crippen molar-refractivity contribution in [2.45, 2.75) is 64.3 Å². The van der Waals surface area contributed by atoms with Crippen LogP contribution >= 0.6 is 0 Å². The average Bonchev–Trinajstić information content (AvgIpc) is 2.64. The Balaban J connectivity index is 1.71. The zero-order chi connectivity index (χ0) is 11.6. The van der Waals surface area contributed by atoms with Crippen molar-refractivity contribution in [1.29, 1.82) is 0 Å². The van der Waals surface area contributed by atoms with Crippen LogP contribution in [-0.2, 0) is 0 Å². The molecule has 1 aliphatic carbocycles. The van der Waals surface area contributed by atoms with Gasteiger partial charge in [0.05, 0.1) is 0 Å². The Labute approximate surface area is 101 Å². The largest absolute Gasteiger partial charge is 0.325 e.